The van der Waals surface area contributed by atoms with Gasteiger partial charge in [-0.3, -0.25) is 9.59 Å². The molecule has 0 radical (unpaired) electrons. The lowest BCUT2D eigenvalue weighted by atomic mass is 10.2. The number of pyridine rings is 1. The average molecular weight is 327 g/mol. The maximum absolute atomic E-state index is 12.3. The molecule has 0 saturated heterocycles. The molecule has 6 nitrogen and oxygen atoms in total. The van der Waals surface area contributed by atoms with E-state index in [2.05, 4.69) is 15.6 Å². The predicted octanol–water partition coefficient (Wildman–Crippen LogP) is 2.16. The third-order valence-corrected chi connectivity index (χ3v) is 3.38. The summed E-state index contributed by atoms with van der Waals surface area (Å²) in [5.41, 5.74) is 1.30. The van der Waals surface area contributed by atoms with Gasteiger partial charge in [0.15, 0.2) is 0 Å². The molecule has 126 valence electrons. The largest absolute Gasteiger partial charge is 0.496 e. The number of amides is 2. The van der Waals surface area contributed by atoms with Crippen LogP contribution in [0.5, 0.6) is 5.75 Å². The van der Waals surface area contributed by atoms with Crippen molar-refractivity contribution in [3.05, 3.63) is 59.4 Å². The van der Waals surface area contributed by atoms with Gasteiger partial charge in [0.2, 0.25) is 0 Å². The van der Waals surface area contributed by atoms with E-state index in [1.165, 1.54) is 0 Å². The summed E-state index contributed by atoms with van der Waals surface area (Å²) in [6.45, 7) is 2.86. The van der Waals surface area contributed by atoms with Crippen molar-refractivity contribution in [1.82, 2.24) is 15.6 Å². The lowest BCUT2D eigenvalue weighted by Crippen LogP contribution is -2.27. The van der Waals surface area contributed by atoms with E-state index in [-0.39, 0.29) is 23.2 Å². The molecule has 0 aliphatic rings. The average Bonchev–Trinajstić information content (AvgIpc) is 2.64. The molecule has 6 heteroatoms. The number of para-hydroxylation sites is 1. The summed E-state index contributed by atoms with van der Waals surface area (Å²) in [6.07, 6.45) is 0.838. The van der Waals surface area contributed by atoms with Gasteiger partial charge in [-0.25, -0.2) is 4.98 Å². The molecular formula is C18H21N3O3. The molecular weight excluding hydrogens is 306 g/mol. The molecule has 1 heterocycles. The van der Waals surface area contributed by atoms with E-state index < -0.39 is 0 Å². The molecule has 24 heavy (non-hydrogen) atoms. The number of hydrogen-bond donors (Lipinski definition) is 2. The van der Waals surface area contributed by atoms with Crippen LogP contribution in [0.1, 0.15) is 39.9 Å². The lowest BCUT2D eigenvalue weighted by molar-refractivity contribution is 0.0942. The second kappa shape index (κ2) is 8.67. The fourth-order valence-corrected chi connectivity index (χ4v) is 2.13. The molecule has 2 rings (SSSR count). The molecule has 2 aromatic rings. The fraction of sp³-hybridized carbons (Fsp3) is 0.278. The highest BCUT2D eigenvalue weighted by Crippen LogP contribution is 2.16. The highest BCUT2D eigenvalue weighted by atomic mass is 16.5. The molecule has 0 saturated carbocycles. The summed E-state index contributed by atoms with van der Waals surface area (Å²) in [5, 5.41) is 5.52. The topological polar surface area (TPSA) is 80.3 Å². The Hall–Kier alpha value is -2.89. The number of methoxy groups -OCH3 is 1. The number of carbonyl (C=O) groups excluding carboxylic acids is 2. The van der Waals surface area contributed by atoms with Crippen LogP contribution in [0.25, 0.3) is 0 Å². The van der Waals surface area contributed by atoms with Crippen LogP contribution >= 0.6 is 0 Å². The Labute approximate surface area is 141 Å². The number of nitrogens with one attached hydrogen (secondary N) is 2. The van der Waals surface area contributed by atoms with E-state index in [9.17, 15) is 9.59 Å². The minimum atomic E-state index is -0.342. The van der Waals surface area contributed by atoms with Crippen LogP contribution in [-0.2, 0) is 6.54 Å². The van der Waals surface area contributed by atoms with Crippen LogP contribution in [0.3, 0.4) is 0 Å². The molecule has 1 aromatic heterocycles. The number of hydrogen-bond acceptors (Lipinski definition) is 4. The van der Waals surface area contributed by atoms with Gasteiger partial charge in [0.1, 0.15) is 17.1 Å². The first-order chi connectivity index (χ1) is 11.7. The smallest absolute Gasteiger partial charge is 0.270 e. The number of benzene rings is 1. The van der Waals surface area contributed by atoms with Crippen LogP contribution in [-0.4, -0.2) is 30.5 Å². The Morgan fingerprint density at radius 1 is 1.00 bits per heavy atom. The molecule has 0 atom stereocenters. The Kier molecular flexibility index (Phi) is 6.31. The summed E-state index contributed by atoms with van der Waals surface area (Å²) in [4.78, 5) is 28.3. The molecule has 0 spiro atoms. The summed E-state index contributed by atoms with van der Waals surface area (Å²) < 4.78 is 5.25. The Morgan fingerprint density at radius 2 is 1.67 bits per heavy atom. The third kappa shape index (κ3) is 4.55. The quantitative estimate of drug-likeness (QED) is 0.816. The normalized spacial score (nSPS) is 10.1. The van der Waals surface area contributed by atoms with Crippen LogP contribution in [0, 0.1) is 0 Å². The summed E-state index contributed by atoms with van der Waals surface area (Å²) >= 11 is 0. The molecule has 0 bridgehead atoms. The van der Waals surface area contributed by atoms with Crippen molar-refractivity contribution < 1.29 is 14.3 Å². The highest BCUT2D eigenvalue weighted by molar-refractivity contribution is 5.96. The molecule has 1 aromatic carbocycles. The van der Waals surface area contributed by atoms with Crippen molar-refractivity contribution in [3.63, 3.8) is 0 Å². The third-order valence-electron chi connectivity index (χ3n) is 3.38. The van der Waals surface area contributed by atoms with Gasteiger partial charge in [0.05, 0.1) is 7.11 Å². The van der Waals surface area contributed by atoms with Crippen LogP contribution in [0.4, 0.5) is 0 Å². The Morgan fingerprint density at radius 3 is 2.33 bits per heavy atom. The number of nitrogens with zero attached hydrogens (tertiary/aromatic N) is 1. The van der Waals surface area contributed by atoms with Gasteiger partial charge < -0.3 is 15.4 Å². The van der Waals surface area contributed by atoms with Gasteiger partial charge in [-0.2, -0.15) is 0 Å². The minimum Gasteiger partial charge on any atom is -0.496 e. The fourth-order valence-electron chi connectivity index (χ4n) is 2.13. The lowest BCUT2D eigenvalue weighted by Gasteiger charge is -2.10. The maximum Gasteiger partial charge on any atom is 0.270 e. The zero-order chi connectivity index (χ0) is 17.4. The number of carbonyl (C=O) groups is 2. The molecule has 0 fully saturated rings. The standard InChI is InChI=1S/C18H21N3O3/c1-3-11-19-17(22)14-8-6-9-15(21-14)18(23)20-12-13-7-4-5-10-16(13)24-2/h4-10H,3,11-12H2,1-2H3,(H,19,22)(H,20,23). The Balaban J connectivity index is 2.03. The minimum absolute atomic E-state index is 0.203. The number of ether oxygens (including phenoxy) is 1. The second-order valence-corrected chi connectivity index (χ2v) is 5.16. The van der Waals surface area contributed by atoms with Gasteiger partial charge in [-0.05, 0) is 24.6 Å². The zero-order valence-electron chi connectivity index (χ0n) is 13.8. The van der Waals surface area contributed by atoms with Crippen molar-refractivity contribution >= 4 is 11.8 Å². The summed E-state index contributed by atoms with van der Waals surface area (Å²) in [6, 6.07) is 12.3. The van der Waals surface area contributed by atoms with E-state index in [0.29, 0.717) is 18.8 Å². The highest BCUT2D eigenvalue weighted by Gasteiger charge is 2.12. The van der Waals surface area contributed by atoms with Crippen molar-refractivity contribution in [2.45, 2.75) is 19.9 Å². The molecule has 2 N–H and O–H groups in total. The first-order valence-corrected chi connectivity index (χ1v) is 7.81. The zero-order valence-corrected chi connectivity index (χ0v) is 13.8. The predicted molar refractivity (Wildman–Crippen MR) is 91.0 cm³/mol. The van der Waals surface area contributed by atoms with Gasteiger partial charge in [0, 0.05) is 18.7 Å². The summed E-state index contributed by atoms with van der Waals surface area (Å²) in [5.74, 6) is 0.0840. The van der Waals surface area contributed by atoms with E-state index in [0.717, 1.165) is 12.0 Å². The van der Waals surface area contributed by atoms with Gasteiger partial charge in [-0.15, -0.1) is 0 Å². The molecule has 0 unspecified atom stereocenters. The van der Waals surface area contributed by atoms with E-state index in [1.54, 1.807) is 25.3 Å². The first-order valence-electron chi connectivity index (χ1n) is 7.81. The number of aromatic nitrogens is 1. The molecule has 2 amide bonds. The van der Waals surface area contributed by atoms with Crippen LogP contribution < -0.4 is 15.4 Å². The van der Waals surface area contributed by atoms with Gasteiger partial charge >= 0.3 is 0 Å². The van der Waals surface area contributed by atoms with Crippen molar-refractivity contribution in [2.75, 3.05) is 13.7 Å². The summed E-state index contributed by atoms with van der Waals surface area (Å²) in [7, 11) is 1.58. The van der Waals surface area contributed by atoms with Crippen molar-refractivity contribution in [1.29, 1.82) is 0 Å². The van der Waals surface area contributed by atoms with E-state index >= 15 is 0 Å². The second-order valence-electron chi connectivity index (χ2n) is 5.16. The SMILES string of the molecule is CCCNC(=O)c1cccc(C(=O)NCc2ccccc2OC)n1. The van der Waals surface area contributed by atoms with E-state index in [4.69, 9.17) is 4.74 Å². The van der Waals surface area contributed by atoms with Gasteiger partial charge in [0.25, 0.3) is 11.8 Å². The van der Waals surface area contributed by atoms with Crippen LogP contribution in [0.2, 0.25) is 0 Å². The molecule has 0 aliphatic heterocycles. The molecule has 0 aliphatic carbocycles. The van der Waals surface area contributed by atoms with Crippen molar-refractivity contribution in [2.24, 2.45) is 0 Å². The van der Waals surface area contributed by atoms with E-state index in [1.807, 2.05) is 31.2 Å². The Bertz CT molecular complexity index is 716. The van der Waals surface area contributed by atoms with Crippen LogP contribution in [0.15, 0.2) is 42.5 Å². The maximum atomic E-state index is 12.3. The monoisotopic (exact) mass is 327 g/mol. The first kappa shape index (κ1) is 17.5. The number of rotatable bonds is 7. The van der Waals surface area contributed by atoms with Gasteiger partial charge in [-0.1, -0.05) is 31.2 Å². The van der Waals surface area contributed by atoms with Crippen molar-refractivity contribution in [3.8, 4) is 5.75 Å².